The molecule has 31 heavy (non-hydrogen) atoms. The largest absolute Gasteiger partial charge is 0.350 e. The molecule has 0 aliphatic carbocycles. The van der Waals surface area contributed by atoms with Crippen LogP contribution in [0.5, 0.6) is 0 Å². The molecule has 0 spiro atoms. The first-order valence-corrected chi connectivity index (χ1v) is 8.30. The molecule has 0 saturated carbocycles. The van der Waals surface area contributed by atoms with Crippen LogP contribution in [-0.4, -0.2) is 9.85 Å². The topological polar surface area (TPSA) is 146 Å². The molecule has 0 fully saturated rings. The van der Waals surface area contributed by atoms with Crippen molar-refractivity contribution >= 4 is 22.7 Å². The third-order valence-corrected chi connectivity index (χ3v) is 3.72. The van der Waals surface area contributed by atoms with Gasteiger partial charge in [-0.05, 0) is 48.5 Å². The lowest BCUT2D eigenvalue weighted by Crippen LogP contribution is -1.97. The SMILES string of the molecule is N#Cc1ccc([N+](=O)[O-])c(F)c1.N#Cc1ccc([N+](=O)[O-])c(Nc2ccc(F)cc2)c1. The van der Waals surface area contributed by atoms with Gasteiger partial charge in [0.15, 0.2) is 0 Å². The summed E-state index contributed by atoms with van der Waals surface area (Å²) < 4.78 is 25.5. The maximum absolute atomic E-state index is 12.8. The maximum Gasteiger partial charge on any atom is 0.304 e. The summed E-state index contributed by atoms with van der Waals surface area (Å²) in [5.41, 5.74) is 0.292. The summed E-state index contributed by atoms with van der Waals surface area (Å²) >= 11 is 0. The molecule has 0 atom stereocenters. The highest BCUT2D eigenvalue weighted by Gasteiger charge is 2.14. The van der Waals surface area contributed by atoms with E-state index in [-0.39, 0.29) is 16.9 Å². The van der Waals surface area contributed by atoms with E-state index in [0.29, 0.717) is 11.3 Å². The number of nitrogens with one attached hydrogen (secondary N) is 1. The van der Waals surface area contributed by atoms with Crippen LogP contribution in [0.25, 0.3) is 0 Å². The first-order valence-electron chi connectivity index (χ1n) is 8.30. The second kappa shape index (κ2) is 10.0. The van der Waals surface area contributed by atoms with Gasteiger partial charge in [0, 0.05) is 17.8 Å². The number of benzene rings is 3. The Morgan fingerprint density at radius 3 is 1.77 bits per heavy atom. The second-order valence-electron chi connectivity index (χ2n) is 5.77. The fraction of sp³-hybridized carbons (Fsp3) is 0. The van der Waals surface area contributed by atoms with E-state index < -0.39 is 27.2 Å². The van der Waals surface area contributed by atoms with Gasteiger partial charge in [0.25, 0.3) is 5.69 Å². The molecule has 3 aromatic rings. The minimum Gasteiger partial charge on any atom is -0.350 e. The Bertz CT molecular complexity index is 1220. The summed E-state index contributed by atoms with van der Waals surface area (Å²) in [5.74, 6) is -1.38. The Kier molecular flexibility index (Phi) is 7.25. The Balaban J connectivity index is 0.000000245. The van der Waals surface area contributed by atoms with Crippen molar-refractivity contribution < 1.29 is 18.6 Å². The molecule has 0 aromatic heterocycles. The number of nitriles is 2. The molecule has 3 rings (SSSR count). The first-order chi connectivity index (χ1) is 14.7. The molecule has 154 valence electrons. The molecule has 0 aliphatic rings. The highest BCUT2D eigenvalue weighted by Crippen LogP contribution is 2.28. The number of rotatable bonds is 4. The van der Waals surface area contributed by atoms with Crippen molar-refractivity contribution in [2.75, 3.05) is 5.32 Å². The lowest BCUT2D eigenvalue weighted by atomic mass is 10.2. The monoisotopic (exact) mass is 423 g/mol. The van der Waals surface area contributed by atoms with Gasteiger partial charge in [-0.25, -0.2) is 4.39 Å². The molecule has 1 N–H and O–H groups in total. The number of nitrogens with zero attached hydrogens (tertiary/aromatic N) is 4. The average molecular weight is 423 g/mol. The van der Waals surface area contributed by atoms with E-state index in [1.165, 1.54) is 48.5 Å². The predicted molar refractivity (Wildman–Crippen MR) is 105 cm³/mol. The number of hydrogen-bond acceptors (Lipinski definition) is 7. The van der Waals surface area contributed by atoms with E-state index in [9.17, 15) is 29.0 Å². The minimum atomic E-state index is -0.987. The Morgan fingerprint density at radius 2 is 1.29 bits per heavy atom. The zero-order valence-corrected chi connectivity index (χ0v) is 15.5. The second-order valence-corrected chi connectivity index (χ2v) is 5.77. The summed E-state index contributed by atoms with van der Waals surface area (Å²) in [5, 5.41) is 40.9. The molecule has 3 aromatic carbocycles. The number of halogens is 2. The van der Waals surface area contributed by atoms with Crippen LogP contribution in [0.15, 0.2) is 60.7 Å². The zero-order valence-electron chi connectivity index (χ0n) is 15.5. The Labute approximate surface area is 173 Å². The molecule has 11 heteroatoms. The van der Waals surface area contributed by atoms with Crippen molar-refractivity contribution in [1.82, 2.24) is 0 Å². The smallest absolute Gasteiger partial charge is 0.304 e. The molecular weight excluding hydrogens is 412 g/mol. The van der Waals surface area contributed by atoms with Crippen LogP contribution in [0.4, 0.5) is 31.5 Å². The molecule has 0 aliphatic heterocycles. The van der Waals surface area contributed by atoms with Crippen molar-refractivity contribution in [3.8, 4) is 12.1 Å². The predicted octanol–water partition coefficient (Wildman–Crippen LogP) is 4.95. The van der Waals surface area contributed by atoms with Gasteiger partial charge < -0.3 is 5.32 Å². The molecule has 0 saturated heterocycles. The Morgan fingerprint density at radius 1 is 0.774 bits per heavy atom. The van der Waals surface area contributed by atoms with Crippen LogP contribution >= 0.6 is 0 Å². The van der Waals surface area contributed by atoms with Gasteiger partial charge in [0.1, 0.15) is 11.5 Å². The summed E-state index contributed by atoms with van der Waals surface area (Å²) in [6.07, 6.45) is 0. The molecule has 0 unspecified atom stereocenters. The van der Waals surface area contributed by atoms with E-state index in [2.05, 4.69) is 5.32 Å². The summed E-state index contributed by atoms with van der Waals surface area (Å²) in [7, 11) is 0. The van der Waals surface area contributed by atoms with Gasteiger partial charge in [-0.2, -0.15) is 14.9 Å². The summed E-state index contributed by atoms with van der Waals surface area (Å²) in [4.78, 5) is 19.6. The van der Waals surface area contributed by atoms with E-state index >= 15 is 0 Å². The summed E-state index contributed by atoms with van der Waals surface area (Å²) in [6, 6.07) is 16.0. The van der Waals surface area contributed by atoms with Crippen LogP contribution in [0, 0.1) is 54.5 Å². The van der Waals surface area contributed by atoms with E-state index in [4.69, 9.17) is 10.5 Å². The Hall–Kier alpha value is -4.90. The van der Waals surface area contributed by atoms with Gasteiger partial charge in [0.05, 0.1) is 33.1 Å². The van der Waals surface area contributed by atoms with Gasteiger partial charge in [0.2, 0.25) is 5.82 Å². The van der Waals surface area contributed by atoms with Crippen molar-refractivity contribution in [2.45, 2.75) is 0 Å². The molecule has 0 radical (unpaired) electrons. The molecule has 0 heterocycles. The van der Waals surface area contributed by atoms with Gasteiger partial charge in [-0.3, -0.25) is 20.2 Å². The normalized spacial score (nSPS) is 9.42. The fourth-order valence-corrected chi connectivity index (χ4v) is 2.28. The lowest BCUT2D eigenvalue weighted by molar-refractivity contribution is -0.387. The van der Waals surface area contributed by atoms with Crippen molar-refractivity contribution in [3.63, 3.8) is 0 Å². The van der Waals surface area contributed by atoms with E-state index in [1.54, 1.807) is 6.07 Å². The van der Waals surface area contributed by atoms with E-state index in [0.717, 1.165) is 12.1 Å². The van der Waals surface area contributed by atoms with Crippen molar-refractivity contribution in [2.24, 2.45) is 0 Å². The first kappa shape index (κ1) is 22.4. The zero-order chi connectivity index (χ0) is 23.0. The molecule has 9 nitrogen and oxygen atoms in total. The molecular formula is C20H11F2N5O4. The van der Waals surface area contributed by atoms with Gasteiger partial charge in [-0.15, -0.1) is 0 Å². The fourth-order valence-electron chi connectivity index (χ4n) is 2.28. The number of nitro groups is 2. The van der Waals surface area contributed by atoms with E-state index in [1.807, 2.05) is 6.07 Å². The highest BCUT2D eigenvalue weighted by atomic mass is 19.1. The van der Waals surface area contributed by atoms with Gasteiger partial charge in [-0.1, -0.05) is 0 Å². The maximum atomic E-state index is 12.8. The minimum absolute atomic E-state index is 0.0677. The molecule has 0 amide bonds. The third kappa shape index (κ3) is 6.04. The average Bonchev–Trinajstić information content (AvgIpc) is 2.75. The number of hydrogen-bond donors (Lipinski definition) is 1. The lowest BCUT2D eigenvalue weighted by Gasteiger charge is -2.07. The standard InChI is InChI=1S/C13H8FN3O2.C7H3FN2O2/c14-10-2-4-11(5-3-10)16-12-7-9(8-15)1-6-13(12)17(18)19;8-6-3-5(4-9)1-2-7(6)10(11)12/h1-7,16H;1-3H. The van der Waals surface area contributed by atoms with Crippen molar-refractivity contribution in [1.29, 1.82) is 10.5 Å². The quantitative estimate of drug-likeness (QED) is 0.461. The van der Waals surface area contributed by atoms with Crippen LogP contribution in [-0.2, 0) is 0 Å². The summed E-state index contributed by atoms with van der Waals surface area (Å²) in [6.45, 7) is 0. The third-order valence-electron chi connectivity index (χ3n) is 3.72. The van der Waals surface area contributed by atoms with Crippen molar-refractivity contribution in [3.05, 3.63) is 104 Å². The van der Waals surface area contributed by atoms with Gasteiger partial charge >= 0.3 is 5.69 Å². The van der Waals surface area contributed by atoms with Crippen LogP contribution in [0.3, 0.4) is 0 Å². The van der Waals surface area contributed by atoms with Crippen LogP contribution in [0.1, 0.15) is 11.1 Å². The van der Waals surface area contributed by atoms with Crippen LogP contribution in [0.2, 0.25) is 0 Å². The van der Waals surface area contributed by atoms with Crippen LogP contribution < -0.4 is 5.32 Å². The molecule has 0 bridgehead atoms. The highest BCUT2D eigenvalue weighted by molar-refractivity contribution is 5.71. The number of nitro benzene ring substituents is 2. The number of anilines is 2.